The molecule has 3 nitrogen and oxygen atoms in total. The second-order valence-corrected chi connectivity index (χ2v) is 4.45. The Morgan fingerprint density at radius 3 is 2.53 bits per heavy atom. The zero-order valence-electron chi connectivity index (χ0n) is 9.26. The van der Waals surface area contributed by atoms with Gasteiger partial charge in [0, 0.05) is 18.4 Å². The number of piperidine rings is 1. The maximum atomic E-state index is 6.27. The summed E-state index contributed by atoms with van der Waals surface area (Å²) in [4.78, 5) is 6.39. The molecule has 0 radical (unpaired) electrons. The topological polar surface area (TPSA) is 42.1 Å². The van der Waals surface area contributed by atoms with Crippen LogP contribution in [-0.4, -0.2) is 30.0 Å². The van der Waals surface area contributed by atoms with Gasteiger partial charge in [0.15, 0.2) is 0 Å². The molecule has 15 heavy (non-hydrogen) atoms. The van der Waals surface area contributed by atoms with Gasteiger partial charge in [-0.25, -0.2) is 0 Å². The van der Waals surface area contributed by atoms with Crippen molar-refractivity contribution in [2.45, 2.75) is 18.9 Å². The van der Waals surface area contributed by atoms with Gasteiger partial charge >= 0.3 is 0 Å². The Hall–Kier alpha value is -0.930. The van der Waals surface area contributed by atoms with E-state index in [0.29, 0.717) is 5.92 Å². The zero-order valence-corrected chi connectivity index (χ0v) is 9.26. The molecule has 1 aromatic rings. The average molecular weight is 205 g/mol. The first kappa shape index (κ1) is 10.6. The van der Waals surface area contributed by atoms with Crippen LogP contribution < -0.4 is 5.73 Å². The van der Waals surface area contributed by atoms with Gasteiger partial charge in [0.1, 0.15) is 0 Å². The zero-order chi connectivity index (χ0) is 10.7. The Bertz CT molecular complexity index is 291. The van der Waals surface area contributed by atoms with E-state index < -0.39 is 0 Å². The standard InChI is InChI=1S/C12H19N3/c1-15-8-4-11(5-9-15)12(13)10-2-6-14-7-3-10/h2-3,6-7,11-12H,4-5,8-9,13H2,1H3/t12-/m1/s1. The molecule has 1 saturated heterocycles. The maximum absolute atomic E-state index is 6.27. The molecule has 1 atom stereocenters. The third kappa shape index (κ3) is 2.55. The monoisotopic (exact) mass is 205 g/mol. The van der Waals surface area contributed by atoms with E-state index >= 15 is 0 Å². The lowest BCUT2D eigenvalue weighted by atomic mass is 9.86. The fourth-order valence-electron chi connectivity index (χ4n) is 2.25. The van der Waals surface area contributed by atoms with Crippen molar-refractivity contribution in [1.29, 1.82) is 0 Å². The SMILES string of the molecule is CN1CCC([C@H](N)c2ccncc2)CC1. The first-order chi connectivity index (χ1) is 7.27. The van der Waals surface area contributed by atoms with Gasteiger partial charge in [-0.3, -0.25) is 4.98 Å². The molecule has 1 fully saturated rings. The van der Waals surface area contributed by atoms with Crippen LogP contribution >= 0.6 is 0 Å². The summed E-state index contributed by atoms with van der Waals surface area (Å²) in [6.07, 6.45) is 6.06. The van der Waals surface area contributed by atoms with Gasteiger partial charge in [0.2, 0.25) is 0 Å². The number of hydrogen-bond donors (Lipinski definition) is 1. The quantitative estimate of drug-likeness (QED) is 0.794. The van der Waals surface area contributed by atoms with Gasteiger partial charge < -0.3 is 10.6 Å². The summed E-state index contributed by atoms with van der Waals surface area (Å²) in [6, 6.07) is 4.24. The lowest BCUT2D eigenvalue weighted by Gasteiger charge is -2.32. The number of nitrogens with two attached hydrogens (primary N) is 1. The van der Waals surface area contributed by atoms with Crippen molar-refractivity contribution in [3.63, 3.8) is 0 Å². The van der Waals surface area contributed by atoms with Crippen LogP contribution in [-0.2, 0) is 0 Å². The van der Waals surface area contributed by atoms with Gasteiger partial charge in [-0.05, 0) is 56.6 Å². The van der Waals surface area contributed by atoms with Crippen LogP contribution in [0.3, 0.4) is 0 Å². The molecular weight excluding hydrogens is 186 g/mol. The van der Waals surface area contributed by atoms with Crippen molar-refractivity contribution < 1.29 is 0 Å². The molecule has 1 aliphatic rings. The smallest absolute Gasteiger partial charge is 0.0325 e. The second-order valence-electron chi connectivity index (χ2n) is 4.45. The van der Waals surface area contributed by atoms with Crippen LogP contribution in [0.4, 0.5) is 0 Å². The van der Waals surface area contributed by atoms with Crippen molar-refractivity contribution in [1.82, 2.24) is 9.88 Å². The van der Waals surface area contributed by atoms with Crippen LogP contribution in [0.1, 0.15) is 24.4 Å². The highest BCUT2D eigenvalue weighted by atomic mass is 15.1. The first-order valence-electron chi connectivity index (χ1n) is 5.61. The molecule has 0 spiro atoms. The average Bonchev–Trinajstić information content (AvgIpc) is 2.30. The molecule has 0 aliphatic carbocycles. The van der Waals surface area contributed by atoms with Crippen LogP contribution in [0, 0.1) is 5.92 Å². The number of rotatable bonds is 2. The fourth-order valence-corrected chi connectivity index (χ4v) is 2.25. The number of likely N-dealkylation sites (tertiary alicyclic amines) is 1. The Morgan fingerprint density at radius 1 is 1.33 bits per heavy atom. The second kappa shape index (κ2) is 4.73. The molecule has 1 aliphatic heterocycles. The van der Waals surface area contributed by atoms with E-state index in [0.717, 1.165) is 0 Å². The normalized spacial score (nSPS) is 21.5. The fraction of sp³-hybridized carbons (Fsp3) is 0.583. The molecule has 2 rings (SSSR count). The maximum Gasteiger partial charge on any atom is 0.0325 e. The molecule has 0 bridgehead atoms. The first-order valence-corrected chi connectivity index (χ1v) is 5.61. The molecule has 0 amide bonds. The Labute approximate surface area is 91.3 Å². The molecule has 3 heteroatoms. The number of nitrogens with zero attached hydrogens (tertiary/aromatic N) is 2. The molecule has 82 valence electrons. The van der Waals surface area contributed by atoms with E-state index in [1.54, 1.807) is 0 Å². The van der Waals surface area contributed by atoms with Gasteiger partial charge in [-0.15, -0.1) is 0 Å². The third-order valence-corrected chi connectivity index (χ3v) is 3.36. The molecule has 2 N–H and O–H groups in total. The minimum atomic E-state index is 0.182. The predicted molar refractivity (Wildman–Crippen MR) is 61.4 cm³/mol. The minimum Gasteiger partial charge on any atom is -0.324 e. The van der Waals surface area contributed by atoms with Gasteiger partial charge in [0.25, 0.3) is 0 Å². The molecule has 1 aromatic heterocycles. The van der Waals surface area contributed by atoms with E-state index in [-0.39, 0.29) is 6.04 Å². The summed E-state index contributed by atoms with van der Waals surface area (Å²) in [7, 11) is 2.17. The molecular formula is C12H19N3. The largest absolute Gasteiger partial charge is 0.324 e. The van der Waals surface area contributed by atoms with Crippen molar-refractivity contribution in [3.8, 4) is 0 Å². The number of aromatic nitrogens is 1. The highest BCUT2D eigenvalue weighted by Crippen LogP contribution is 2.27. The van der Waals surface area contributed by atoms with Crippen LogP contribution in [0.15, 0.2) is 24.5 Å². The molecule has 2 heterocycles. The summed E-state index contributed by atoms with van der Waals surface area (Å²) in [5.41, 5.74) is 7.49. The highest BCUT2D eigenvalue weighted by molar-refractivity contribution is 5.15. The minimum absolute atomic E-state index is 0.182. The molecule has 0 unspecified atom stereocenters. The predicted octanol–water partition coefficient (Wildman–Crippen LogP) is 1.42. The Morgan fingerprint density at radius 2 is 1.93 bits per heavy atom. The van der Waals surface area contributed by atoms with Crippen LogP contribution in [0.5, 0.6) is 0 Å². The summed E-state index contributed by atoms with van der Waals surface area (Å²) in [5.74, 6) is 0.628. The Kier molecular flexibility index (Phi) is 3.34. The summed E-state index contributed by atoms with van der Waals surface area (Å²) < 4.78 is 0. The summed E-state index contributed by atoms with van der Waals surface area (Å²) in [6.45, 7) is 2.34. The van der Waals surface area contributed by atoms with Gasteiger partial charge in [-0.2, -0.15) is 0 Å². The third-order valence-electron chi connectivity index (χ3n) is 3.36. The Balaban J connectivity index is 1.99. The summed E-state index contributed by atoms with van der Waals surface area (Å²) in [5, 5.41) is 0. The van der Waals surface area contributed by atoms with Gasteiger partial charge in [-0.1, -0.05) is 0 Å². The number of hydrogen-bond acceptors (Lipinski definition) is 3. The van der Waals surface area contributed by atoms with E-state index in [1.807, 2.05) is 24.5 Å². The van der Waals surface area contributed by atoms with Crippen molar-refractivity contribution in [2.75, 3.05) is 20.1 Å². The molecule has 0 saturated carbocycles. The van der Waals surface area contributed by atoms with Crippen LogP contribution in [0.25, 0.3) is 0 Å². The highest BCUT2D eigenvalue weighted by Gasteiger charge is 2.23. The molecule has 0 aromatic carbocycles. The van der Waals surface area contributed by atoms with E-state index in [9.17, 15) is 0 Å². The lowest BCUT2D eigenvalue weighted by Crippen LogP contribution is -2.35. The van der Waals surface area contributed by atoms with Gasteiger partial charge in [0.05, 0.1) is 0 Å². The van der Waals surface area contributed by atoms with Crippen LogP contribution in [0.2, 0.25) is 0 Å². The summed E-state index contributed by atoms with van der Waals surface area (Å²) >= 11 is 0. The van der Waals surface area contributed by atoms with E-state index in [2.05, 4.69) is 16.9 Å². The lowest BCUT2D eigenvalue weighted by molar-refractivity contribution is 0.199. The van der Waals surface area contributed by atoms with Crippen molar-refractivity contribution in [2.24, 2.45) is 11.7 Å². The van der Waals surface area contributed by atoms with Crippen molar-refractivity contribution >= 4 is 0 Å². The van der Waals surface area contributed by atoms with E-state index in [1.165, 1.54) is 31.5 Å². The number of pyridine rings is 1. The van der Waals surface area contributed by atoms with E-state index in [4.69, 9.17) is 5.73 Å². The van der Waals surface area contributed by atoms with Crippen molar-refractivity contribution in [3.05, 3.63) is 30.1 Å².